The first kappa shape index (κ1) is 11.4. The van der Waals surface area contributed by atoms with Crippen molar-refractivity contribution in [3.05, 3.63) is 17.8 Å². The molecule has 16 heavy (non-hydrogen) atoms. The second-order valence-corrected chi connectivity index (χ2v) is 5.14. The maximum atomic E-state index is 4.08. The Hall–Kier alpha value is -1.12. The summed E-state index contributed by atoms with van der Waals surface area (Å²) in [6.07, 6.45) is 7.28. The summed E-state index contributed by atoms with van der Waals surface area (Å²) in [6, 6.07) is 2.05. The molecule has 3 nitrogen and oxygen atoms in total. The molecule has 0 spiro atoms. The Morgan fingerprint density at radius 1 is 1.44 bits per heavy atom. The first-order chi connectivity index (χ1) is 7.74. The third-order valence-electron chi connectivity index (χ3n) is 3.41. The molecular weight excluding hydrogens is 198 g/mol. The van der Waals surface area contributed by atoms with E-state index in [-0.39, 0.29) is 0 Å². The van der Waals surface area contributed by atoms with Crippen molar-refractivity contribution in [3.8, 4) is 0 Å². The molecule has 2 rings (SSSR count). The van der Waals surface area contributed by atoms with Gasteiger partial charge in [-0.3, -0.25) is 0 Å². The highest BCUT2D eigenvalue weighted by Gasteiger charge is 2.18. The minimum Gasteiger partial charge on any atom is -0.368 e. The van der Waals surface area contributed by atoms with E-state index in [9.17, 15) is 0 Å². The van der Waals surface area contributed by atoms with Crippen molar-refractivity contribution in [1.29, 1.82) is 0 Å². The summed E-state index contributed by atoms with van der Waals surface area (Å²) in [7, 11) is 0. The number of hydrogen-bond acceptors (Lipinski definition) is 3. The van der Waals surface area contributed by atoms with E-state index in [1.165, 1.54) is 25.7 Å². The molecule has 2 atom stereocenters. The van der Waals surface area contributed by atoms with E-state index in [2.05, 4.69) is 28.5 Å². The van der Waals surface area contributed by atoms with Crippen molar-refractivity contribution in [3.63, 3.8) is 0 Å². The average molecular weight is 219 g/mol. The van der Waals surface area contributed by atoms with Gasteiger partial charge in [0.05, 0.1) is 6.20 Å². The van der Waals surface area contributed by atoms with Gasteiger partial charge in [0, 0.05) is 6.54 Å². The highest BCUT2D eigenvalue weighted by atomic mass is 15.2. The van der Waals surface area contributed by atoms with Crippen molar-refractivity contribution in [2.24, 2.45) is 11.8 Å². The largest absolute Gasteiger partial charge is 0.368 e. The Morgan fingerprint density at radius 3 is 3.06 bits per heavy atom. The zero-order chi connectivity index (χ0) is 11.4. The smallest absolute Gasteiger partial charge is 0.148 e. The molecule has 1 aliphatic rings. The lowest BCUT2D eigenvalue weighted by molar-refractivity contribution is 0.293. The molecule has 0 amide bonds. The minimum absolute atomic E-state index is 0.811. The topological polar surface area (TPSA) is 37.8 Å². The van der Waals surface area contributed by atoms with Gasteiger partial charge in [0.15, 0.2) is 0 Å². The number of aryl methyl sites for hydroxylation is 1. The van der Waals surface area contributed by atoms with Gasteiger partial charge in [0.1, 0.15) is 5.82 Å². The zero-order valence-corrected chi connectivity index (χ0v) is 10.2. The van der Waals surface area contributed by atoms with Crippen LogP contribution in [0.3, 0.4) is 0 Å². The van der Waals surface area contributed by atoms with Crippen LogP contribution in [0.5, 0.6) is 0 Å². The first-order valence-electron chi connectivity index (χ1n) is 6.27. The number of anilines is 1. The Morgan fingerprint density at radius 2 is 2.31 bits per heavy atom. The van der Waals surface area contributed by atoms with Crippen LogP contribution >= 0.6 is 0 Å². The molecule has 1 heterocycles. The summed E-state index contributed by atoms with van der Waals surface area (Å²) in [6.45, 7) is 5.45. The Labute approximate surface area is 97.7 Å². The molecule has 3 heteroatoms. The molecule has 1 aliphatic carbocycles. The lowest BCUT2D eigenvalue weighted by Crippen LogP contribution is -2.21. The van der Waals surface area contributed by atoms with E-state index in [1.807, 2.05) is 6.92 Å². The first-order valence-corrected chi connectivity index (χ1v) is 6.27. The summed E-state index contributed by atoms with van der Waals surface area (Å²) in [4.78, 5) is 0. The van der Waals surface area contributed by atoms with Crippen LogP contribution in [-0.2, 0) is 0 Å². The van der Waals surface area contributed by atoms with E-state index in [0.29, 0.717) is 0 Å². The quantitative estimate of drug-likeness (QED) is 0.849. The van der Waals surface area contributed by atoms with Gasteiger partial charge in [-0.05, 0) is 43.2 Å². The van der Waals surface area contributed by atoms with Gasteiger partial charge < -0.3 is 5.32 Å². The Kier molecular flexibility index (Phi) is 3.75. The molecule has 1 N–H and O–H groups in total. The van der Waals surface area contributed by atoms with Crippen LogP contribution in [0.25, 0.3) is 0 Å². The maximum Gasteiger partial charge on any atom is 0.148 e. The van der Waals surface area contributed by atoms with E-state index >= 15 is 0 Å². The van der Waals surface area contributed by atoms with Crippen molar-refractivity contribution in [2.75, 3.05) is 11.9 Å². The van der Waals surface area contributed by atoms with Gasteiger partial charge in [-0.2, -0.15) is 5.10 Å². The van der Waals surface area contributed by atoms with Crippen LogP contribution in [0.2, 0.25) is 0 Å². The molecule has 1 fully saturated rings. The average Bonchev–Trinajstić information content (AvgIpc) is 2.27. The van der Waals surface area contributed by atoms with Crippen LogP contribution in [0.4, 0.5) is 5.82 Å². The maximum absolute atomic E-state index is 4.08. The van der Waals surface area contributed by atoms with Crippen molar-refractivity contribution >= 4 is 5.82 Å². The van der Waals surface area contributed by atoms with E-state index in [1.54, 1.807) is 6.20 Å². The second-order valence-electron chi connectivity index (χ2n) is 5.14. The molecule has 1 aromatic heterocycles. The molecule has 2 unspecified atom stereocenters. The number of aromatic nitrogens is 2. The van der Waals surface area contributed by atoms with E-state index < -0.39 is 0 Å². The van der Waals surface area contributed by atoms with Crippen LogP contribution < -0.4 is 5.32 Å². The van der Waals surface area contributed by atoms with Crippen LogP contribution in [0.15, 0.2) is 12.3 Å². The van der Waals surface area contributed by atoms with Gasteiger partial charge in [0.2, 0.25) is 0 Å². The predicted octanol–water partition coefficient (Wildman–Crippen LogP) is 3.02. The predicted molar refractivity (Wildman–Crippen MR) is 66.4 cm³/mol. The fraction of sp³-hybridized carbons (Fsp3) is 0.692. The zero-order valence-electron chi connectivity index (χ0n) is 10.2. The van der Waals surface area contributed by atoms with Gasteiger partial charge >= 0.3 is 0 Å². The fourth-order valence-electron chi connectivity index (χ4n) is 2.54. The van der Waals surface area contributed by atoms with Crippen molar-refractivity contribution < 1.29 is 0 Å². The highest BCUT2D eigenvalue weighted by molar-refractivity contribution is 5.34. The summed E-state index contributed by atoms with van der Waals surface area (Å²) in [5.41, 5.74) is 1.16. The Balaban J connectivity index is 1.82. The molecule has 0 aromatic carbocycles. The summed E-state index contributed by atoms with van der Waals surface area (Å²) in [5, 5.41) is 11.4. The van der Waals surface area contributed by atoms with Crippen molar-refractivity contribution in [2.45, 2.75) is 39.5 Å². The van der Waals surface area contributed by atoms with E-state index in [4.69, 9.17) is 0 Å². The van der Waals surface area contributed by atoms with Crippen LogP contribution in [-0.4, -0.2) is 16.7 Å². The molecule has 0 bridgehead atoms. The molecule has 0 radical (unpaired) electrons. The Bertz CT molecular complexity index is 338. The molecule has 0 saturated heterocycles. The second kappa shape index (κ2) is 5.28. The summed E-state index contributed by atoms with van der Waals surface area (Å²) in [5.74, 6) is 2.62. The lowest BCUT2D eigenvalue weighted by Gasteiger charge is -2.26. The summed E-state index contributed by atoms with van der Waals surface area (Å²) < 4.78 is 0. The SMILES string of the molecule is Cc1cnnc(NCC2CCCC(C)C2)c1. The minimum atomic E-state index is 0.811. The van der Waals surface area contributed by atoms with Crippen LogP contribution in [0.1, 0.15) is 38.2 Å². The lowest BCUT2D eigenvalue weighted by atomic mass is 9.82. The number of nitrogens with one attached hydrogen (secondary N) is 1. The monoisotopic (exact) mass is 219 g/mol. The molecular formula is C13H21N3. The highest BCUT2D eigenvalue weighted by Crippen LogP contribution is 2.28. The third kappa shape index (κ3) is 3.19. The molecule has 0 aliphatic heterocycles. The number of hydrogen-bond donors (Lipinski definition) is 1. The fourth-order valence-corrected chi connectivity index (χ4v) is 2.54. The van der Waals surface area contributed by atoms with Crippen LogP contribution in [0, 0.1) is 18.8 Å². The number of nitrogens with zero attached hydrogens (tertiary/aromatic N) is 2. The van der Waals surface area contributed by atoms with Crippen molar-refractivity contribution in [1.82, 2.24) is 10.2 Å². The number of rotatable bonds is 3. The van der Waals surface area contributed by atoms with E-state index in [0.717, 1.165) is 29.8 Å². The third-order valence-corrected chi connectivity index (χ3v) is 3.41. The van der Waals surface area contributed by atoms with Gasteiger partial charge in [-0.15, -0.1) is 5.10 Å². The van der Waals surface area contributed by atoms with Gasteiger partial charge in [-0.1, -0.05) is 19.8 Å². The molecule has 1 aromatic rings. The molecule has 1 saturated carbocycles. The summed E-state index contributed by atoms with van der Waals surface area (Å²) >= 11 is 0. The van der Waals surface area contributed by atoms with Gasteiger partial charge in [0.25, 0.3) is 0 Å². The standard InChI is InChI=1S/C13H21N3/c1-10-4-3-5-12(6-10)9-14-13-7-11(2)8-15-16-13/h7-8,10,12H,3-6,9H2,1-2H3,(H,14,16). The molecule has 88 valence electrons. The normalized spacial score (nSPS) is 25.4. The van der Waals surface area contributed by atoms with Gasteiger partial charge in [-0.25, -0.2) is 0 Å².